The van der Waals surface area contributed by atoms with E-state index in [1.165, 1.54) is 32.5 Å². The van der Waals surface area contributed by atoms with Crippen molar-refractivity contribution in [1.82, 2.24) is 15.1 Å². The van der Waals surface area contributed by atoms with Crippen LogP contribution in [0.15, 0.2) is 0 Å². The molecular formula is C12H25N3O. The number of hydrogen-bond acceptors (Lipinski definition) is 4. The lowest BCUT2D eigenvalue weighted by Crippen LogP contribution is -2.52. The summed E-state index contributed by atoms with van der Waals surface area (Å²) in [7, 11) is 2.03. The number of morpholine rings is 1. The van der Waals surface area contributed by atoms with Crippen molar-refractivity contribution < 1.29 is 4.74 Å². The average Bonchev–Trinajstić information content (AvgIpc) is 2.38. The molecule has 16 heavy (non-hydrogen) atoms. The number of hydrogen-bond donors (Lipinski definition) is 1. The number of rotatable bonds is 4. The van der Waals surface area contributed by atoms with E-state index in [-0.39, 0.29) is 0 Å². The van der Waals surface area contributed by atoms with Crippen LogP contribution < -0.4 is 5.32 Å². The second-order valence-corrected chi connectivity index (χ2v) is 4.85. The van der Waals surface area contributed by atoms with Crippen LogP contribution >= 0.6 is 0 Å². The Hall–Kier alpha value is -0.160. The normalized spacial score (nSPS) is 29.4. The van der Waals surface area contributed by atoms with E-state index in [2.05, 4.69) is 15.1 Å². The second-order valence-electron chi connectivity index (χ2n) is 4.85. The van der Waals surface area contributed by atoms with Crippen LogP contribution in [0.5, 0.6) is 0 Å². The van der Waals surface area contributed by atoms with Crippen molar-refractivity contribution in [1.29, 1.82) is 0 Å². The van der Waals surface area contributed by atoms with Crippen molar-refractivity contribution in [2.75, 3.05) is 59.5 Å². The molecule has 1 N–H and O–H groups in total. The molecule has 0 bridgehead atoms. The molecule has 4 heteroatoms. The highest BCUT2D eigenvalue weighted by Crippen LogP contribution is 2.16. The van der Waals surface area contributed by atoms with Gasteiger partial charge in [0.2, 0.25) is 0 Å². The Morgan fingerprint density at radius 3 is 2.81 bits per heavy atom. The van der Waals surface area contributed by atoms with Gasteiger partial charge in [-0.3, -0.25) is 4.90 Å². The Labute approximate surface area is 98.9 Å². The third-order valence-corrected chi connectivity index (χ3v) is 3.72. The maximum absolute atomic E-state index is 5.42. The van der Waals surface area contributed by atoms with Gasteiger partial charge in [-0.2, -0.15) is 0 Å². The van der Waals surface area contributed by atoms with E-state index >= 15 is 0 Å². The smallest absolute Gasteiger partial charge is 0.0594 e. The zero-order chi connectivity index (χ0) is 11.2. The SMILES string of the molecule is CNCCN1CCCC(N2CCOCC2)C1. The molecule has 0 aliphatic carbocycles. The first kappa shape index (κ1) is 12.3. The van der Waals surface area contributed by atoms with Crippen LogP contribution in [0.25, 0.3) is 0 Å². The summed E-state index contributed by atoms with van der Waals surface area (Å²) in [5, 5.41) is 3.23. The highest BCUT2D eigenvalue weighted by atomic mass is 16.5. The third kappa shape index (κ3) is 3.42. The van der Waals surface area contributed by atoms with E-state index in [0.717, 1.165) is 38.9 Å². The number of likely N-dealkylation sites (N-methyl/N-ethyl adjacent to an activating group) is 1. The van der Waals surface area contributed by atoms with Gasteiger partial charge in [0.25, 0.3) is 0 Å². The Bertz CT molecular complexity index is 195. The minimum absolute atomic E-state index is 0.773. The molecular weight excluding hydrogens is 202 g/mol. The quantitative estimate of drug-likeness (QED) is 0.732. The van der Waals surface area contributed by atoms with Gasteiger partial charge in [-0.25, -0.2) is 0 Å². The molecule has 0 aromatic rings. The highest BCUT2D eigenvalue weighted by Gasteiger charge is 2.25. The van der Waals surface area contributed by atoms with Gasteiger partial charge < -0.3 is 15.0 Å². The fourth-order valence-electron chi connectivity index (χ4n) is 2.74. The van der Waals surface area contributed by atoms with Crippen LogP contribution in [0.1, 0.15) is 12.8 Å². The molecule has 1 unspecified atom stereocenters. The summed E-state index contributed by atoms with van der Waals surface area (Å²) in [6.45, 7) is 8.94. The lowest BCUT2D eigenvalue weighted by Gasteiger charge is -2.40. The summed E-state index contributed by atoms with van der Waals surface area (Å²) >= 11 is 0. The summed E-state index contributed by atoms with van der Waals surface area (Å²) in [5.41, 5.74) is 0. The number of nitrogens with zero attached hydrogens (tertiary/aromatic N) is 2. The Balaban J connectivity index is 1.76. The Morgan fingerprint density at radius 2 is 2.06 bits per heavy atom. The van der Waals surface area contributed by atoms with Gasteiger partial charge in [0.05, 0.1) is 13.2 Å². The van der Waals surface area contributed by atoms with Gasteiger partial charge in [0, 0.05) is 38.8 Å². The molecule has 0 saturated carbocycles. The zero-order valence-corrected chi connectivity index (χ0v) is 10.5. The number of ether oxygens (including phenoxy) is 1. The van der Waals surface area contributed by atoms with E-state index < -0.39 is 0 Å². The minimum atomic E-state index is 0.773. The van der Waals surface area contributed by atoms with Crippen molar-refractivity contribution in [3.8, 4) is 0 Å². The topological polar surface area (TPSA) is 27.7 Å². The number of likely N-dealkylation sites (tertiary alicyclic amines) is 1. The van der Waals surface area contributed by atoms with Gasteiger partial charge in [-0.15, -0.1) is 0 Å². The van der Waals surface area contributed by atoms with Crippen LogP contribution in [0.2, 0.25) is 0 Å². The summed E-state index contributed by atoms with van der Waals surface area (Å²) in [4.78, 5) is 5.22. The van der Waals surface area contributed by atoms with Gasteiger partial charge in [0.1, 0.15) is 0 Å². The van der Waals surface area contributed by atoms with E-state index in [1.807, 2.05) is 7.05 Å². The molecule has 0 amide bonds. The van der Waals surface area contributed by atoms with E-state index in [9.17, 15) is 0 Å². The fourth-order valence-corrected chi connectivity index (χ4v) is 2.74. The Kier molecular flexibility index (Phi) is 5.03. The summed E-state index contributed by atoms with van der Waals surface area (Å²) in [6, 6.07) is 0.773. The molecule has 0 radical (unpaired) electrons. The van der Waals surface area contributed by atoms with Crippen LogP contribution in [-0.2, 0) is 4.74 Å². The summed E-state index contributed by atoms with van der Waals surface area (Å²) in [5.74, 6) is 0. The van der Waals surface area contributed by atoms with Crippen molar-refractivity contribution in [3.05, 3.63) is 0 Å². The number of piperidine rings is 1. The highest BCUT2D eigenvalue weighted by molar-refractivity contribution is 4.82. The predicted molar refractivity (Wildman–Crippen MR) is 65.8 cm³/mol. The van der Waals surface area contributed by atoms with E-state index in [4.69, 9.17) is 4.74 Å². The van der Waals surface area contributed by atoms with Gasteiger partial charge in [-0.1, -0.05) is 0 Å². The monoisotopic (exact) mass is 227 g/mol. The molecule has 0 aromatic heterocycles. The lowest BCUT2D eigenvalue weighted by molar-refractivity contribution is -0.00233. The van der Waals surface area contributed by atoms with Crippen LogP contribution in [0, 0.1) is 0 Å². The molecule has 94 valence electrons. The maximum atomic E-state index is 5.42. The minimum Gasteiger partial charge on any atom is -0.379 e. The largest absolute Gasteiger partial charge is 0.379 e. The van der Waals surface area contributed by atoms with Crippen molar-refractivity contribution in [2.24, 2.45) is 0 Å². The zero-order valence-electron chi connectivity index (χ0n) is 10.5. The van der Waals surface area contributed by atoms with E-state index in [0.29, 0.717) is 0 Å². The molecule has 2 rings (SSSR count). The van der Waals surface area contributed by atoms with E-state index in [1.54, 1.807) is 0 Å². The van der Waals surface area contributed by atoms with Crippen molar-refractivity contribution in [2.45, 2.75) is 18.9 Å². The van der Waals surface area contributed by atoms with Crippen molar-refractivity contribution in [3.63, 3.8) is 0 Å². The molecule has 2 aliphatic rings. The summed E-state index contributed by atoms with van der Waals surface area (Å²) < 4.78 is 5.42. The molecule has 0 aromatic carbocycles. The molecule has 2 saturated heterocycles. The predicted octanol–water partition coefficient (Wildman–Crippen LogP) is 0.00240. The second kappa shape index (κ2) is 6.55. The van der Waals surface area contributed by atoms with Gasteiger partial charge in [-0.05, 0) is 26.4 Å². The lowest BCUT2D eigenvalue weighted by atomic mass is 10.0. The molecule has 2 fully saturated rings. The standard InChI is InChI=1S/C12H25N3O/c1-13-4-6-14-5-2-3-12(11-14)15-7-9-16-10-8-15/h12-13H,2-11H2,1H3. The summed E-state index contributed by atoms with van der Waals surface area (Å²) in [6.07, 6.45) is 2.72. The molecule has 1 atom stereocenters. The molecule has 0 spiro atoms. The van der Waals surface area contributed by atoms with Crippen LogP contribution in [0.4, 0.5) is 0 Å². The average molecular weight is 227 g/mol. The first-order valence-electron chi connectivity index (χ1n) is 6.59. The van der Waals surface area contributed by atoms with Gasteiger partial charge >= 0.3 is 0 Å². The third-order valence-electron chi connectivity index (χ3n) is 3.72. The first-order chi connectivity index (χ1) is 7.90. The fraction of sp³-hybridized carbons (Fsp3) is 1.00. The van der Waals surface area contributed by atoms with Gasteiger partial charge in [0.15, 0.2) is 0 Å². The van der Waals surface area contributed by atoms with Crippen molar-refractivity contribution >= 4 is 0 Å². The van der Waals surface area contributed by atoms with Crippen LogP contribution in [-0.4, -0.2) is 75.4 Å². The maximum Gasteiger partial charge on any atom is 0.0594 e. The molecule has 2 aliphatic heterocycles. The number of nitrogens with one attached hydrogen (secondary N) is 1. The molecule has 2 heterocycles. The first-order valence-corrected chi connectivity index (χ1v) is 6.59. The molecule has 4 nitrogen and oxygen atoms in total. The van der Waals surface area contributed by atoms with Crippen LogP contribution in [0.3, 0.4) is 0 Å². The Morgan fingerprint density at radius 1 is 1.25 bits per heavy atom.